The van der Waals surface area contributed by atoms with Crippen molar-refractivity contribution in [3.63, 3.8) is 0 Å². The average molecular weight is 814 g/mol. The van der Waals surface area contributed by atoms with Gasteiger partial charge in [0.25, 0.3) is 11.8 Å². The van der Waals surface area contributed by atoms with Gasteiger partial charge in [-0.25, -0.2) is 0 Å². The summed E-state index contributed by atoms with van der Waals surface area (Å²) in [6.45, 7) is 1.95. The van der Waals surface area contributed by atoms with Gasteiger partial charge in [0.1, 0.15) is 0 Å². The second kappa shape index (κ2) is 15.4. The van der Waals surface area contributed by atoms with Gasteiger partial charge in [0.05, 0.1) is 48.8 Å². The van der Waals surface area contributed by atoms with Crippen molar-refractivity contribution in [1.82, 2.24) is 5.01 Å². The third kappa shape index (κ3) is 6.30. The topological polar surface area (TPSA) is 143 Å². The van der Waals surface area contributed by atoms with Crippen LogP contribution in [0.25, 0.3) is 6.08 Å². The molecule has 0 aromatic heterocycles. The molecule has 1 saturated carbocycles. The Balaban J connectivity index is 1.15. The number of rotatable bonds is 10. The SMILES string of the molecule is COc1cc(C=CC2C3=CCC4C(=O)N(c5ccc(C(=O)c6ccccc6)cc5)C(=O)C4C3CC3C(=O)N(Nc4ccc(C)cc4)C(=O)C23c2ccccc2)cc(OC)c1O. The number of amides is 4. The van der Waals surface area contributed by atoms with E-state index < -0.39 is 46.8 Å². The van der Waals surface area contributed by atoms with Crippen LogP contribution >= 0.6 is 0 Å². The zero-order valence-corrected chi connectivity index (χ0v) is 33.8. The number of methoxy groups -OCH3 is 2. The fourth-order valence-corrected chi connectivity index (χ4v) is 9.98. The quantitative estimate of drug-likeness (QED) is 0.0825. The number of aryl methyl sites for hydroxylation is 1. The molecule has 0 bridgehead atoms. The molecule has 61 heavy (non-hydrogen) atoms. The summed E-state index contributed by atoms with van der Waals surface area (Å²) in [6.07, 6.45) is 6.08. The van der Waals surface area contributed by atoms with Gasteiger partial charge in [0.15, 0.2) is 17.3 Å². The van der Waals surface area contributed by atoms with Crippen molar-refractivity contribution in [3.05, 3.63) is 167 Å². The van der Waals surface area contributed by atoms with Crippen molar-refractivity contribution in [2.45, 2.75) is 25.2 Å². The van der Waals surface area contributed by atoms with E-state index in [0.717, 1.165) is 16.1 Å². The van der Waals surface area contributed by atoms with Crippen molar-refractivity contribution in [1.29, 1.82) is 0 Å². The largest absolute Gasteiger partial charge is 0.502 e. The second-order valence-corrected chi connectivity index (χ2v) is 16.0. The molecule has 2 saturated heterocycles. The molecule has 5 aromatic carbocycles. The van der Waals surface area contributed by atoms with E-state index in [2.05, 4.69) is 5.43 Å². The minimum absolute atomic E-state index is 0.140. The van der Waals surface area contributed by atoms with Crippen molar-refractivity contribution in [2.24, 2.45) is 29.6 Å². The molecule has 2 N–H and O–H groups in total. The second-order valence-electron chi connectivity index (χ2n) is 16.0. The van der Waals surface area contributed by atoms with Crippen LogP contribution in [0.15, 0.2) is 139 Å². The molecule has 9 rings (SSSR count). The molecule has 6 atom stereocenters. The Morgan fingerprint density at radius 1 is 0.770 bits per heavy atom. The van der Waals surface area contributed by atoms with Crippen LogP contribution in [0.4, 0.5) is 11.4 Å². The molecule has 6 unspecified atom stereocenters. The number of aromatic hydroxyl groups is 1. The van der Waals surface area contributed by atoms with E-state index in [9.17, 15) is 24.3 Å². The van der Waals surface area contributed by atoms with Crippen LogP contribution in [0.1, 0.15) is 45.5 Å². The van der Waals surface area contributed by atoms with E-state index in [1.807, 2.05) is 85.8 Å². The van der Waals surface area contributed by atoms with Gasteiger partial charge in [-0.1, -0.05) is 102 Å². The number of allylic oxidation sites excluding steroid dienone is 3. The Kier molecular flexibility index (Phi) is 9.90. The fourth-order valence-electron chi connectivity index (χ4n) is 9.98. The predicted octanol–water partition coefficient (Wildman–Crippen LogP) is 7.68. The van der Waals surface area contributed by atoms with Crippen LogP contribution < -0.4 is 19.8 Å². The minimum atomic E-state index is -1.45. The lowest BCUT2D eigenvalue weighted by atomic mass is 9.50. The molecule has 0 radical (unpaired) electrons. The Labute approximate surface area is 352 Å². The highest BCUT2D eigenvalue weighted by Gasteiger charge is 2.69. The number of nitrogens with one attached hydrogen (secondary N) is 1. The number of ketones is 1. The number of carbonyl (C=O) groups excluding carboxylic acids is 5. The molecule has 2 aliphatic carbocycles. The fraction of sp³-hybridized carbons (Fsp3) is 0.220. The summed E-state index contributed by atoms with van der Waals surface area (Å²) in [4.78, 5) is 73.9. The maximum Gasteiger partial charge on any atom is 0.260 e. The van der Waals surface area contributed by atoms with Gasteiger partial charge in [0.2, 0.25) is 17.6 Å². The first-order chi connectivity index (χ1) is 29.6. The number of fused-ring (bicyclic) bond motifs is 4. The first-order valence-electron chi connectivity index (χ1n) is 20.2. The summed E-state index contributed by atoms with van der Waals surface area (Å²) in [5.41, 5.74) is 6.59. The van der Waals surface area contributed by atoms with E-state index in [1.54, 1.807) is 60.7 Å². The monoisotopic (exact) mass is 813 g/mol. The minimum Gasteiger partial charge on any atom is -0.502 e. The lowest BCUT2D eigenvalue weighted by Gasteiger charge is -2.49. The Morgan fingerprint density at radius 3 is 2.03 bits per heavy atom. The van der Waals surface area contributed by atoms with Gasteiger partial charge in [-0.05, 0) is 85.3 Å². The Hall–Kier alpha value is -7.27. The first kappa shape index (κ1) is 39.2. The highest BCUT2D eigenvalue weighted by molar-refractivity contribution is 6.23. The number of benzene rings is 5. The van der Waals surface area contributed by atoms with Gasteiger partial charge >= 0.3 is 0 Å². The summed E-state index contributed by atoms with van der Waals surface area (Å²) in [5.74, 6) is -5.34. The number of carbonyl (C=O) groups is 5. The third-order valence-electron chi connectivity index (χ3n) is 12.9. The lowest BCUT2D eigenvalue weighted by Crippen LogP contribution is -2.54. The third-order valence-corrected chi connectivity index (χ3v) is 12.9. The van der Waals surface area contributed by atoms with Crippen LogP contribution in [0.3, 0.4) is 0 Å². The average Bonchev–Trinajstić information content (AvgIpc) is 3.67. The normalized spacial score (nSPS) is 24.3. The van der Waals surface area contributed by atoms with Crippen LogP contribution in [-0.2, 0) is 24.6 Å². The number of ether oxygens (including phenoxy) is 2. The summed E-state index contributed by atoms with van der Waals surface area (Å²) >= 11 is 0. The smallest absolute Gasteiger partial charge is 0.260 e. The molecule has 2 heterocycles. The molecule has 0 spiro atoms. The molecule has 4 amide bonds. The van der Waals surface area contributed by atoms with Crippen molar-refractivity contribution >= 4 is 46.9 Å². The number of hydrogen-bond donors (Lipinski definition) is 2. The highest BCUT2D eigenvalue weighted by Crippen LogP contribution is 2.61. The molecule has 11 nitrogen and oxygen atoms in total. The Morgan fingerprint density at radius 2 is 1.39 bits per heavy atom. The number of phenols is 1. The van der Waals surface area contributed by atoms with Crippen molar-refractivity contribution in [3.8, 4) is 17.2 Å². The van der Waals surface area contributed by atoms with E-state index in [1.165, 1.54) is 19.1 Å². The van der Waals surface area contributed by atoms with Gasteiger partial charge in [0, 0.05) is 17.0 Å². The number of anilines is 2. The molecule has 3 fully saturated rings. The molecular weight excluding hydrogens is 771 g/mol. The summed E-state index contributed by atoms with van der Waals surface area (Å²) in [5, 5.41) is 11.8. The molecule has 306 valence electrons. The van der Waals surface area contributed by atoms with E-state index in [0.29, 0.717) is 33.6 Å². The standard InChI is InChI=1S/C50H43N3O8/c1-29-14-19-34(20-15-29)51-53-47(57)40-28-38-36(23-24-37-43(38)48(58)52(46(37)56)35-21-17-32(18-22-35)44(54)31-10-6-4-7-11-31)39(50(40,49(53)59)33-12-8-5-9-13-33)25-16-30-26-41(60-2)45(55)42(27-30)61-3/h4-23,25-27,37-40,43,51,55H,24,28H2,1-3H3. The maximum atomic E-state index is 15.4. The maximum absolute atomic E-state index is 15.4. The number of phenolic OH excluding ortho intramolecular Hbond substituents is 1. The van der Waals surface area contributed by atoms with Gasteiger partial charge in [-0.3, -0.25) is 34.3 Å². The zero-order valence-electron chi connectivity index (χ0n) is 33.8. The van der Waals surface area contributed by atoms with Gasteiger partial charge in [-0.15, -0.1) is 0 Å². The molecule has 2 aliphatic heterocycles. The molecular formula is C50H43N3O8. The number of nitrogens with zero attached hydrogens (tertiary/aromatic N) is 2. The summed E-state index contributed by atoms with van der Waals surface area (Å²) in [6, 6.07) is 35.4. The van der Waals surface area contributed by atoms with E-state index in [4.69, 9.17) is 9.47 Å². The number of hydrazine groups is 1. The highest BCUT2D eigenvalue weighted by atomic mass is 16.5. The summed E-state index contributed by atoms with van der Waals surface area (Å²) < 4.78 is 10.9. The van der Waals surface area contributed by atoms with Gasteiger partial charge in [-0.2, -0.15) is 5.01 Å². The van der Waals surface area contributed by atoms with Gasteiger partial charge < -0.3 is 14.6 Å². The van der Waals surface area contributed by atoms with Crippen molar-refractivity contribution < 1.29 is 38.6 Å². The zero-order chi connectivity index (χ0) is 42.6. The van der Waals surface area contributed by atoms with E-state index >= 15 is 4.79 Å². The molecule has 5 aromatic rings. The van der Waals surface area contributed by atoms with Crippen LogP contribution in [0, 0.1) is 36.5 Å². The van der Waals surface area contributed by atoms with E-state index in [-0.39, 0.29) is 47.7 Å². The number of imide groups is 2. The first-order valence-corrected chi connectivity index (χ1v) is 20.2. The molecule has 4 aliphatic rings. The lowest BCUT2D eigenvalue weighted by molar-refractivity contribution is -0.139. The summed E-state index contributed by atoms with van der Waals surface area (Å²) in [7, 11) is 2.87. The Bertz CT molecular complexity index is 2620. The number of hydrogen-bond acceptors (Lipinski definition) is 9. The van der Waals surface area contributed by atoms with Crippen molar-refractivity contribution in [2.75, 3.05) is 24.5 Å². The van der Waals surface area contributed by atoms with Crippen LogP contribution in [-0.4, -0.2) is 53.7 Å². The molecule has 11 heteroatoms. The van der Waals surface area contributed by atoms with Crippen LogP contribution in [0.5, 0.6) is 17.2 Å². The van der Waals surface area contributed by atoms with Crippen LogP contribution in [0.2, 0.25) is 0 Å². The predicted molar refractivity (Wildman–Crippen MR) is 229 cm³/mol.